The number of carbonyl (C=O) groups excluding carboxylic acids is 1. The predicted molar refractivity (Wildman–Crippen MR) is 71.7 cm³/mol. The summed E-state index contributed by atoms with van der Waals surface area (Å²) in [6.07, 6.45) is 9.93. The van der Waals surface area contributed by atoms with Gasteiger partial charge < -0.3 is 11.1 Å². The van der Waals surface area contributed by atoms with Gasteiger partial charge in [-0.3, -0.25) is 4.79 Å². The molecule has 1 saturated carbocycles. The molecule has 1 aliphatic carbocycles. The Labute approximate surface area is 106 Å². The molecular formula is C14H28N2O. The molecule has 0 aliphatic heterocycles. The lowest BCUT2D eigenvalue weighted by atomic mass is 9.87. The van der Waals surface area contributed by atoms with Crippen molar-refractivity contribution >= 4 is 5.91 Å². The summed E-state index contributed by atoms with van der Waals surface area (Å²) in [7, 11) is 0. The minimum absolute atomic E-state index is 0.0198. The van der Waals surface area contributed by atoms with Crippen LogP contribution in [-0.2, 0) is 4.79 Å². The molecule has 0 heterocycles. The van der Waals surface area contributed by atoms with Crippen LogP contribution in [0.5, 0.6) is 0 Å². The van der Waals surface area contributed by atoms with Gasteiger partial charge in [0.15, 0.2) is 0 Å². The number of hydrogen-bond donors (Lipinski definition) is 2. The maximum Gasteiger partial charge on any atom is 0.224 e. The van der Waals surface area contributed by atoms with E-state index in [1.807, 2.05) is 0 Å². The van der Waals surface area contributed by atoms with Crippen molar-refractivity contribution in [1.82, 2.24) is 5.32 Å². The van der Waals surface area contributed by atoms with E-state index in [0.717, 1.165) is 31.7 Å². The van der Waals surface area contributed by atoms with E-state index in [2.05, 4.69) is 12.2 Å². The highest BCUT2D eigenvalue weighted by molar-refractivity contribution is 5.78. The largest absolute Gasteiger partial charge is 0.356 e. The van der Waals surface area contributed by atoms with Crippen molar-refractivity contribution < 1.29 is 4.79 Å². The molecular weight excluding hydrogens is 212 g/mol. The fraction of sp³-hybridized carbons (Fsp3) is 0.929. The fourth-order valence-electron chi connectivity index (χ4n) is 2.72. The number of amides is 1. The van der Waals surface area contributed by atoms with Crippen LogP contribution in [0, 0.1) is 11.8 Å². The van der Waals surface area contributed by atoms with E-state index in [0.29, 0.717) is 6.54 Å². The highest BCUT2D eigenvalue weighted by Crippen LogP contribution is 2.25. The smallest absolute Gasteiger partial charge is 0.224 e. The molecule has 0 aromatic rings. The van der Waals surface area contributed by atoms with Crippen molar-refractivity contribution in [2.45, 2.75) is 58.3 Å². The summed E-state index contributed by atoms with van der Waals surface area (Å²) in [6.45, 7) is 3.41. The summed E-state index contributed by atoms with van der Waals surface area (Å²) >= 11 is 0. The van der Waals surface area contributed by atoms with Gasteiger partial charge in [0.25, 0.3) is 0 Å². The van der Waals surface area contributed by atoms with Gasteiger partial charge in [0.1, 0.15) is 0 Å². The summed E-state index contributed by atoms with van der Waals surface area (Å²) in [4.78, 5) is 11.8. The molecule has 0 aromatic carbocycles. The zero-order valence-corrected chi connectivity index (χ0v) is 11.2. The van der Waals surface area contributed by atoms with Crippen molar-refractivity contribution in [2.24, 2.45) is 17.6 Å². The molecule has 0 saturated heterocycles. The maximum absolute atomic E-state index is 11.8. The highest BCUT2D eigenvalue weighted by atomic mass is 16.1. The topological polar surface area (TPSA) is 55.1 Å². The van der Waals surface area contributed by atoms with Crippen molar-refractivity contribution in [2.75, 3.05) is 13.1 Å². The maximum atomic E-state index is 11.8. The van der Waals surface area contributed by atoms with Crippen LogP contribution in [0.1, 0.15) is 58.3 Å². The first kappa shape index (κ1) is 14.5. The zero-order chi connectivity index (χ0) is 12.5. The first-order chi connectivity index (χ1) is 8.27. The number of carbonyl (C=O) groups is 1. The molecule has 3 N–H and O–H groups in total. The molecule has 3 nitrogen and oxygen atoms in total. The molecule has 3 heteroatoms. The van der Waals surface area contributed by atoms with Gasteiger partial charge in [-0.05, 0) is 18.8 Å². The SMILES string of the molecule is CCCC(CN)C(=O)NCCC1CCCCC1. The van der Waals surface area contributed by atoms with E-state index in [1.165, 1.54) is 32.1 Å². The molecule has 0 radical (unpaired) electrons. The molecule has 100 valence electrons. The van der Waals surface area contributed by atoms with Crippen LogP contribution >= 0.6 is 0 Å². The molecule has 1 amide bonds. The Balaban J connectivity index is 2.13. The van der Waals surface area contributed by atoms with Gasteiger partial charge in [0.2, 0.25) is 5.91 Å². The van der Waals surface area contributed by atoms with Crippen molar-refractivity contribution in [3.05, 3.63) is 0 Å². The third-order valence-corrected chi connectivity index (χ3v) is 3.87. The van der Waals surface area contributed by atoms with Crippen LogP contribution in [0.25, 0.3) is 0 Å². The quantitative estimate of drug-likeness (QED) is 0.718. The van der Waals surface area contributed by atoms with Crippen LogP contribution in [0.2, 0.25) is 0 Å². The van der Waals surface area contributed by atoms with Crippen LogP contribution in [-0.4, -0.2) is 19.0 Å². The molecule has 1 unspecified atom stereocenters. The Kier molecular flexibility index (Phi) is 7.25. The Morgan fingerprint density at radius 2 is 2.06 bits per heavy atom. The molecule has 0 bridgehead atoms. The summed E-state index contributed by atoms with van der Waals surface area (Å²) < 4.78 is 0. The van der Waals surface area contributed by atoms with Crippen molar-refractivity contribution in [3.8, 4) is 0 Å². The summed E-state index contributed by atoms with van der Waals surface area (Å²) in [5.41, 5.74) is 5.61. The summed E-state index contributed by atoms with van der Waals surface area (Å²) in [5, 5.41) is 3.05. The summed E-state index contributed by atoms with van der Waals surface area (Å²) in [5.74, 6) is 1.02. The van der Waals surface area contributed by atoms with Gasteiger partial charge >= 0.3 is 0 Å². The number of nitrogens with two attached hydrogens (primary N) is 1. The van der Waals surface area contributed by atoms with Gasteiger partial charge in [-0.2, -0.15) is 0 Å². The zero-order valence-electron chi connectivity index (χ0n) is 11.2. The molecule has 17 heavy (non-hydrogen) atoms. The molecule has 1 atom stereocenters. The molecule has 1 aliphatic rings. The standard InChI is InChI=1S/C14H28N2O/c1-2-6-13(11-15)14(17)16-10-9-12-7-4-3-5-8-12/h12-13H,2-11,15H2,1H3,(H,16,17). The second kappa shape index (κ2) is 8.51. The van der Waals surface area contributed by atoms with Gasteiger partial charge in [0, 0.05) is 13.1 Å². The minimum atomic E-state index is 0.0198. The molecule has 1 fully saturated rings. The Morgan fingerprint density at radius 1 is 1.35 bits per heavy atom. The molecule has 1 rings (SSSR count). The third-order valence-electron chi connectivity index (χ3n) is 3.87. The predicted octanol–water partition coefficient (Wildman–Crippen LogP) is 2.45. The van der Waals surface area contributed by atoms with Gasteiger partial charge in [0.05, 0.1) is 5.92 Å². The molecule has 0 aromatic heterocycles. The van der Waals surface area contributed by atoms with E-state index < -0.39 is 0 Å². The van der Waals surface area contributed by atoms with E-state index in [9.17, 15) is 4.79 Å². The first-order valence-corrected chi connectivity index (χ1v) is 7.25. The van der Waals surface area contributed by atoms with Gasteiger partial charge in [-0.15, -0.1) is 0 Å². The second-order valence-corrected chi connectivity index (χ2v) is 5.31. The second-order valence-electron chi connectivity index (χ2n) is 5.31. The van der Waals surface area contributed by atoms with E-state index >= 15 is 0 Å². The van der Waals surface area contributed by atoms with E-state index in [1.54, 1.807) is 0 Å². The lowest BCUT2D eigenvalue weighted by Gasteiger charge is -2.22. The fourth-order valence-corrected chi connectivity index (χ4v) is 2.72. The van der Waals surface area contributed by atoms with Crippen LogP contribution < -0.4 is 11.1 Å². The van der Waals surface area contributed by atoms with E-state index in [-0.39, 0.29) is 11.8 Å². The minimum Gasteiger partial charge on any atom is -0.356 e. The number of hydrogen-bond acceptors (Lipinski definition) is 2. The van der Waals surface area contributed by atoms with Crippen LogP contribution in [0.15, 0.2) is 0 Å². The third kappa shape index (κ3) is 5.53. The average molecular weight is 240 g/mol. The number of nitrogens with one attached hydrogen (secondary N) is 1. The number of rotatable bonds is 7. The Hall–Kier alpha value is -0.570. The van der Waals surface area contributed by atoms with Crippen molar-refractivity contribution in [1.29, 1.82) is 0 Å². The van der Waals surface area contributed by atoms with Gasteiger partial charge in [-0.1, -0.05) is 45.4 Å². The van der Waals surface area contributed by atoms with Crippen LogP contribution in [0.3, 0.4) is 0 Å². The molecule has 0 spiro atoms. The van der Waals surface area contributed by atoms with E-state index in [4.69, 9.17) is 5.73 Å². The summed E-state index contributed by atoms with van der Waals surface area (Å²) in [6, 6.07) is 0. The lowest BCUT2D eigenvalue weighted by Crippen LogP contribution is -2.36. The van der Waals surface area contributed by atoms with Crippen molar-refractivity contribution in [3.63, 3.8) is 0 Å². The highest BCUT2D eigenvalue weighted by Gasteiger charge is 2.17. The lowest BCUT2D eigenvalue weighted by molar-refractivity contribution is -0.124. The Bertz CT molecular complexity index is 212. The first-order valence-electron chi connectivity index (χ1n) is 7.25. The normalized spacial score (nSPS) is 18.9. The Morgan fingerprint density at radius 3 is 2.65 bits per heavy atom. The average Bonchev–Trinajstić information content (AvgIpc) is 2.37. The monoisotopic (exact) mass is 240 g/mol. The van der Waals surface area contributed by atoms with Gasteiger partial charge in [-0.25, -0.2) is 0 Å². The van der Waals surface area contributed by atoms with Crippen LogP contribution in [0.4, 0.5) is 0 Å².